The Morgan fingerprint density at radius 2 is 1.64 bits per heavy atom. The van der Waals surface area contributed by atoms with Gasteiger partial charge in [0.1, 0.15) is 11.5 Å². The highest BCUT2D eigenvalue weighted by molar-refractivity contribution is 7.74. The number of nitrogens with one attached hydrogen (secondary N) is 1. The van der Waals surface area contributed by atoms with Crippen molar-refractivity contribution in [2.45, 2.75) is 0 Å². The molecule has 198 valence electrons. The zero-order chi connectivity index (χ0) is 27.5. The Balaban J connectivity index is 1.67. The van der Waals surface area contributed by atoms with E-state index >= 15 is 0 Å². The average molecular weight is 546 g/mol. The van der Waals surface area contributed by atoms with Gasteiger partial charge in [-0.05, 0) is 30.3 Å². The van der Waals surface area contributed by atoms with Crippen LogP contribution in [0.25, 0.3) is 16.7 Å². The van der Waals surface area contributed by atoms with Gasteiger partial charge in [-0.15, -0.1) is 0 Å². The Morgan fingerprint density at radius 3 is 2.28 bits per heavy atom. The molecule has 0 saturated heterocycles. The van der Waals surface area contributed by atoms with E-state index < -0.39 is 16.8 Å². The first-order valence-electron chi connectivity index (χ1n) is 11.5. The van der Waals surface area contributed by atoms with Crippen LogP contribution >= 0.6 is 0 Å². The summed E-state index contributed by atoms with van der Waals surface area (Å²) in [6.45, 7) is 0. The van der Waals surface area contributed by atoms with Gasteiger partial charge in [0.25, 0.3) is 5.91 Å². The van der Waals surface area contributed by atoms with Crippen molar-refractivity contribution >= 4 is 50.8 Å². The molecular weight excluding hydrogens is 522 g/mol. The Hall–Kier alpha value is -5.17. The third-order valence-corrected chi connectivity index (χ3v) is 6.49. The van der Waals surface area contributed by atoms with Crippen LogP contribution in [-0.4, -0.2) is 48.1 Å². The number of primary amides is 1. The third-order valence-electron chi connectivity index (χ3n) is 5.74. The maximum absolute atomic E-state index is 12.7. The van der Waals surface area contributed by atoms with Crippen LogP contribution in [0.5, 0.6) is 11.5 Å². The number of imidazole rings is 1. The largest absolute Gasteiger partial charge is 0.497 e. The molecule has 0 aliphatic carbocycles. The van der Waals surface area contributed by atoms with Crippen molar-refractivity contribution in [2.24, 2.45) is 5.73 Å². The summed E-state index contributed by atoms with van der Waals surface area (Å²) in [6, 6.07) is 18.8. The van der Waals surface area contributed by atoms with Crippen molar-refractivity contribution in [3.05, 3.63) is 84.9 Å². The number of hydrogen-bond acceptors (Lipinski definition) is 9. The van der Waals surface area contributed by atoms with Crippen LogP contribution < -0.4 is 24.8 Å². The van der Waals surface area contributed by atoms with Crippen molar-refractivity contribution in [1.29, 1.82) is 0 Å². The fourth-order valence-corrected chi connectivity index (χ4v) is 4.61. The van der Waals surface area contributed by atoms with Crippen molar-refractivity contribution in [3.63, 3.8) is 0 Å². The predicted molar refractivity (Wildman–Crippen MR) is 147 cm³/mol. The molecule has 5 aromatic rings. The van der Waals surface area contributed by atoms with Crippen LogP contribution in [-0.2, 0) is 10.9 Å². The summed E-state index contributed by atoms with van der Waals surface area (Å²) < 4.78 is 38.7. The molecule has 0 saturated carbocycles. The Kier molecular flexibility index (Phi) is 6.97. The number of ether oxygens (including phenoxy) is 2. The van der Waals surface area contributed by atoms with Crippen LogP contribution in [0.2, 0.25) is 0 Å². The van der Waals surface area contributed by atoms with Crippen molar-refractivity contribution < 1.29 is 22.7 Å². The lowest BCUT2D eigenvalue weighted by Gasteiger charge is -2.21. The number of nitrogens with zero attached hydrogens (tertiary/aromatic N) is 5. The number of methoxy groups -OCH3 is 2. The SMILES string of the molecule is COc1cc(Nc2nc3ccccc3nc2N(c2cccc(-n3ccnc3C(N)=O)c2)[SH](=O)=O)cc(OC)c1. The second-order valence-electron chi connectivity index (χ2n) is 8.17. The van der Waals surface area contributed by atoms with E-state index in [0.717, 1.165) is 4.31 Å². The highest BCUT2D eigenvalue weighted by Gasteiger charge is 2.22. The fraction of sp³-hybridized carbons (Fsp3) is 0.0769. The van der Waals surface area contributed by atoms with E-state index in [1.165, 1.54) is 25.0 Å². The van der Waals surface area contributed by atoms with E-state index in [0.29, 0.717) is 33.9 Å². The van der Waals surface area contributed by atoms with E-state index in [-0.39, 0.29) is 23.1 Å². The van der Waals surface area contributed by atoms with Gasteiger partial charge in [-0.1, -0.05) is 18.2 Å². The number of hydrogen-bond donors (Lipinski definition) is 3. The predicted octanol–water partition coefficient (Wildman–Crippen LogP) is 3.34. The topological polar surface area (TPSA) is 155 Å². The zero-order valence-electron chi connectivity index (χ0n) is 20.8. The summed E-state index contributed by atoms with van der Waals surface area (Å²) in [5.41, 5.74) is 7.76. The lowest BCUT2D eigenvalue weighted by Crippen LogP contribution is -2.19. The Labute approximate surface area is 224 Å². The van der Waals surface area contributed by atoms with Gasteiger partial charge >= 0.3 is 0 Å². The van der Waals surface area contributed by atoms with Crippen LogP contribution in [0.15, 0.2) is 79.1 Å². The molecule has 1 amide bonds. The van der Waals surface area contributed by atoms with Crippen LogP contribution in [0.1, 0.15) is 10.6 Å². The van der Waals surface area contributed by atoms with Gasteiger partial charge < -0.3 is 20.5 Å². The second kappa shape index (κ2) is 10.7. The molecule has 0 aliphatic rings. The number of amides is 1. The maximum atomic E-state index is 12.7. The summed E-state index contributed by atoms with van der Waals surface area (Å²) in [6.07, 6.45) is 2.98. The smallest absolute Gasteiger partial charge is 0.285 e. The average Bonchev–Trinajstić information content (AvgIpc) is 3.44. The molecule has 0 bridgehead atoms. The number of thiol groups is 1. The zero-order valence-corrected chi connectivity index (χ0v) is 21.7. The molecule has 2 aromatic heterocycles. The molecule has 0 atom stereocenters. The molecular formula is C26H23N7O5S. The van der Waals surface area contributed by atoms with E-state index in [1.807, 2.05) is 6.07 Å². The number of anilines is 4. The molecule has 0 unspecified atom stereocenters. The first-order valence-corrected chi connectivity index (χ1v) is 12.7. The lowest BCUT2D eigenvalue weighted by atomic mass is 10.2. The minimum atomic E-state index is -3.25. The number of nitrogens with two attached hydrogens (primary N) is 1. The highest BCUT2D eigenvalue weighted by atomic mass is 32.2. The molecule has 0 fully saturated rings. The number of benzene rings is 3. The van der Waals surface area contributed by atoms with Gasteiger partial charge in [-0.3, -0.25) is 9.36 Å². The first-order chi connectivity index (χ1) is 18.9. The molecule has 3 N–H and O–H groups in total. The Morgan fingerprint density at radius 1 is 0.949 bits per heavy atom. The van der Waals surface area contributed by atoms with Crippen LogP contribution in [0, 0.1) is 0 Å². The van der Waals surface area contributed by atoms with Gasteiger partial charge in [0, 0.05) is 42.0 Å². The lowest BCUT2D eigenvalue weighted by molar-refractivity contribution is 0.0989. The normalized spacial score (nSPS) is 10.9. The molecule has 39 heavy (non-hydrogen) atoms. The number of carbonyl (C=O) groups excluding carboxylic acids is 1. The molecule has 0 spiro atoms. The number of rotatable bonds is 9. The minimum absolute atomic E-state index is 0.00466. The first kappa shape index (κ1) is 25.5. The summed E-state index contributed by atoms with van der Waals surface area (Å²) in [7, 11) is -0.190. The summed E-state index contributed by atoms with van der Waals surface area (Å²) in [4.78, 5) is 25.1. The molecule has 3 aromatic carbocycles. The maximum Gasteiger partial charge on any atom is 0.285 e. The fourth-order valence-electron chi connectivity index (χ4n) is 4.00. The van der Waals surface area contributed by atoms with Gasteiger partial charge in [-0.25, -0.2) is 27.7 Å². The quantitative estimate of drug-likeness (QED) is 0.237. The third kappa shape index (κ3) is 5.15. The van der Waals surface area contributed by atoms with E-state index in [4.69, 9.17) is 15.2 Å². The van der Waals surface area contributed by atoms with Gasteiger partial charge in [0.15, 0.2) is 11.6 Å². The monoisotopic (exact) mass is 545 g/mol. The minimum Gasteiger partial charge on any atom is -0.497 e. The van der Waals surface area contributed by atoms with Gasteiger partial charge in [-0.2, -0.15) is 0 Å². The van der Waals surface area contributed by atoms with Crippen LogP contribution in [0.3, 0.4) is 0 Å². The van der Waals surface area contributed by atoms with E-state index in [2.05, 4.69) is 20.3 Å². The van der Waals surface area contributed by atoms with Gasteiger partial charge in [0.2, 0.25) is 16.7 Å². The molecule has 5 rings (SSSR count). The molecule has 2 heterocycles. The second-order valence-corrected chi connectivity index (χ2v) is 9.04. The molecule has 0 radical (unpaired) electrons. The number of fused-ring (bicyclic) bond motifs is 1. The van der Waals surface area contributed by atoms with Crippen molar-refractivity contribution in [3.8, 4) is 17.2 Å². The summed E-state index contributed by atoms with van der Waals surface area (Å²) in [5.74, 6) is 0.538. The molecule has 12 nitrogen and oxygen atoms in total. The summed E-state index contributed by atoms with van der Waals surface area (Å²) in [5, 5.41) is 3.17. The van der Waals surface area contributed by atoms with Crippen molar-refractivity contribution in [1.82, 2.24) is 19.5 Å². The Bertz CT molecular complexity index is 1740. The number of para-hydroxylation sites is 2. The molecule has 13 heteroatoms. The highest BCUT2D eigenvalue weighted by Crippen LogP contribution is 2.35. The number of aromatic nitrogens is 4. The van der Waals surface area contributed by atoms with E-state index in [1.54, 1.807) is 66.9 Å². The number of carbonyl (C=O) groups is 1. The molecule has 0 aliphatic heterocycles. The van der Waals surface area contributed by atoms with E-state index in [9.17, 15) is 13.2 Å². The van der Waals surface area contributed by atoms with Crippen LogP contribution in [0.4, 0.5) is 23.0 Å². The van der Waals surface area contributed by atoms with Gasteiger partial charge in [0.05, 0.1) is 30.9 Å². The summed E-state index contributed by atoms with van der Waals surface area (Å²) >= 11 is 0. The van der Waals surface area contributed by atoms with Crippen molar-refractivity contribution in [2.75, 3.05) is 23.8 Å². The standard InChI is InChI=1S/C26H23N7O5S/c1-37-19-12-16(13-20(15-19)38-2)29-24-26(31-22-9-4-3-8-21(22)30-24)33(39(35)36)18-7-5-6-17(14-18)32-11-10-28-25(32)23(27)34/h3-15,39H,1-2H3,(H2,27,34)(H,29,30).